The Balaban J connectivity index is 1.51. The van der Waals surface area contributed by atoms with E-state index in [0.717, 1.165) is 22.7 Å². The first-order valence-corrected chi connectivity index (χ1v) is 10.0. The molecule has 0 fully saturated rings. The molecule has 1 aliphatic rings. The van der Waals surface area contributed by atoms with Crippen molar-refractivity contribution in [3.63, 3.8) is 0 Å². The molecule has 3 aromatic rings. The van der Waals surface area contributed by atoms with E-state index in [1.165, 1.54) is 53.1 Å². The van der Waals surface area contributed by atoms with Crippen LogP contribution in [0.2, 0.25) is 0 Å². The van der Waals surface area contributed by atoms with Gasteiger partial charge >= 0.3 is 0 Å². The Morgan fingerprint density at radius 1 is 1.12 bits per heavy atom. The van der Waals surface area contributed by atoms with Crippen molar-refractivity contribution in [2.45, 2.75) is 32.2 Å². The zero-order chi connectivity index (χ0) is 17.2. The largest absolute Gasteiger partial charge is 0.325 e. The summed E-state index contributed by atoms with van der Waals surface area (Å²) in [5, 5.41) is 7.85. The zero-order valence-electron chi connectivity index (χ0n) is 13.6. The summed E-state index contributed by atoms with van der Waals surface area (Å²) in [6, 6.07) is 6.58. The van der Waals surface area contributed by atoms with Crippen LogP contribution >= 0.6 is 22.7 Å². The van der Waals surface area contributed by atoms with Gasteiger partial charge in [-0.25, -0.2) is 9.97 Å². The lowest BCUT2D eigenvalue weighted by Crippen LogP contribution is -2.12. The van der Waals surface area contributed by atoms with Crippen LogP contribution < -0.4 is 11.1 Å². The number of hydrogen-bond donors (Lipinski definition) is 2. The molecule has 1 aromatic carbocycles. The van der Waals surface area contributed by atoms with Gasteiger partial charge in [-0.3, -0.25) is 10.1 Å². The molecule has 0 atom stereocenters. The molecular weight excluding hydrogens is 352 g/mol. The molecule has 7 heteroatoms. The van der Waals surface area contributed by atoms with Gasteiger partial charge in [-0.15, -0.1) is 22.7 Å². The number of carbonyl (C=O) groups is 1. The van der Waals surface area contributed by atoms with Gasteiger partial charge in [0, 0.05) is 22.9 Å². The second-order valence-electron chi connectivity index (χ2n) is 6.01. The molecule has 0 aliphatic heterocycles. The third kappa shape index (κ3) is 3.49. The number of nitrogens with zero attached hydrogens (tertiary/aromatic N) is 2. The van der Waals surface area contributed by atoms with E-state index in [9.17, 15) is 4.79 Å². The van der Waals surface area contributed by atoms with Crippen LogP contribution in [-0.2, 0) is 19.4 Å². The summed E-state index contributed by atoms with van der Waals surface area (Å²) in [5.41, 5.74) is 10.8. The second kappa shape index (κ2) is 7.03. The first kappa shape index (κ1) is 16.4. The van der Waals surface area contributed by atoms with Crippen LogP contribution in [0.1, 0.15) is 39.5 Å². The van der Waals surface area contributed by atoms with E-state index in [2.05, 4.69) is 33.5 Å². The maximum Gasteiger partial charge on any atom is 0.276 e. The topological polar surface area (TPSA) is 80.9 Å². The summed E-state index contributed by atoms with van der Waals surface area (Å²) >= 11 is 2.81. The number of aryl methyl sites for hydroxylation is 2. The summed E-state index contributed by atoms with van der Waals surface area (Å²) in [6.45, 7) is 0.345. The van der Waals surface area contributed by atoms with Crippen molar-refractivity contribution >= 4 is 33.7 Å². The van der Waals surface area contributed by atoms with Crippen molar-refractivity contribution < 1.29 is 4.79 Å². The average Bonchev–Trinajstić information content (AvgIpc) is 3.30. The summed E-state index contributed by atoms with van der Waals surface area (Å²) in [7, 11) is 0. The van der Waals surface area contributed by atoms with E-state index in [1.807, 2.05) is 5.38 Å². The smallest absolute Gasteiger partial charge is 0.276 e. The number of rotatable bonds is 4. The molecule has 1 aliphatic carbocycles. The Morgan fingerprint density at radius 2 is 1.96 bits per heavy atom. The van der Waals surface area contributed by atoms with Crippen molar-refractivity contribution in [1.82, 2.24) is 9.97 Å². The van der Waals surface area contributed by atoms with E-state index in [0.29, 0.717) is 17.4 Å². The Hall–Kier alpha value is -2.09. The van der Waals surface area contributed by atoms with Gasteiger partial charge < -0.3 is 5.73 Å². The third-order valence-electron chi connectivity index (χ3n) is 4.33. The Morgan fingerprint density at radius 3 is 2.76 bits per heavy atom. The predicted molar refractivity (Wildman–Crippen MR) is 102 cm³/mol. The maximum atomic E-state index is 12.2. The molecular formula is C18H18N4OS2. The number of hydrogen-bond acceptors (Lipinski definition) is 6. The fourth-order valence-corrected chi connectivity index (χ4v) is 4.40. The van der Waals surface area contributed by atoms with Crippen molar-refractivity contribution in [2.75, 3.05) is 5.32 Å². The van der Waals surface area contributed by atoms with E-state index >= 15 is 0 Å². The zero-order valence-corrected chi connectivity index (χ0v) is 15.3. The van der Waals surface area contributed by atoms with Gasteiger partial charge in [-0.2, -0.15) is 0 Å². The van der Waals surface area contributed by atoms with Gasteiger partial charge in [0.05, 0.1) is 5.69 Å². The minimum Gasteiger partial charge on any atom is -0.325 e. The highest BCUT2D eigenvalue weighted by Gasteiger charge is 2.14. The second-order valence-corrected chi connectivity index (χ2v) is 7.81. The highest BCUT2D eigenvalue weighted by molar-refractivity contribution is 7.14. The number of carbonyl (C=O) groups excluding carboxylic acids is 1. The van der Waals surface area contributed by atoms with E-state index in [-0.39, 0.29) is 5.91 Å². The molecule has 4 rings (SSSR count). The van der Waals surface area contributed by atoms with Crippen LogP contribution in [0.3, 0.4) is 0 Å². The Labute approximate surface area is 154 Å². The van der Waals surface area contributed by atoms with Crippen molar-refractivity contribution in [3.8, 4) is 11.3 Å². The quantitative estimate of drug-likeness (QED) is 0.731. The summed E-state index contributed by atoms with van der Waals surface area (Å²) < 4.78 is 0. The minimum absolute atomic E-state index is 0.248. The predicted octanol–water partition coefficient (Wildman–Crippen LogP) is 3.86. The number of amides is 1. The molecule has 128 valence electrons. The lowest BCUT2D eigenvalue weighted by Gasteiger charge is -2.16. The van der Waals surface area contributed by atoms with Crippen LogP contribution in [0.5, 0.6) is 0 Å². The fraction of sp³-hybridized carbons (Fsp3) is 0.278. The summed E-state index contributed by atoms with van der Waals surface area (Å²) in [4.78, 5) is 21.0. The van der Waals surface area contributed by atoms with Gasteiger partial charge in [0.15, 0.2) is 5.13 Å². The van der Waals surface area contributed by atoms with Gasteiger partial charge in [0.1, 0.15) is 10.7 Å². The Bertz CT molecular complexity index is 915. The SMILES string of the molecule is NCc1nc(C(=O)Nc2nc(-c3ccc4c(c3)CCCC4)cs2)cs1. The lowest BCUT2D eigenvalue weighted by molar-refractivity contribution is 0.102. The fourth-order valence-electron chi connectivity index (χ4n) is 3.03. The molecule has 0 saturated carbocycles. The first-order valence-electron chi connectivity index (χ1n) is 8.26. The molecule has 1 amide bonds. The number of aromatic nitrogens is 2. The molecule has 0 radical (unpaired) electrons. The first-order chi connectivity index (χ1) is 12.2. The standard InChI is InChI=1S/C18H18N4OS2/c19-8-16-20-15(10-24-16)17(23)22-18-21-14(9-25-18)13-6-5-11-3-1-2-4-12(11)7-13/h5-7,9-10H,1-4,8,19H2,(H,21,22,23). The number of thiazole rings is 2. The highest BCUT2D eigenvalue weighted by Crippen LogP contribution is 2.29. The maximum absolute atomic E-state index is 12.2. The number of nitrogens with one attached hydrogen (secondary N) is 1. The van der Waals surface area contributed by atoms with Crippen molar-refractivity contribution in [1.29, 1.82) is 0 Å². The van der Waals surface area contributed by atoms with E-state index < -0.39 is 0 Å². The summed E-state index contributed by atoms with van der Waals surface area (Å²) in [5.74, 6) is -0.248. The van der Waals surface area contributed by atoms with Crippen molar-refractivity contribution in [2.24, 2.45) is 5.73 Å². The molecule has 2 heterocycles. The molecule has 0 spiro atoms. The van der Waals surface area contributed by atoms with Crippen LogP contribution in [-0.4, -0.2) is 15.9 Å². The number of benzene rings is 1. The third-order valence-corrected chi connectivity index (χ3v) is 5.96. The molecule has 3 N–H and O–H groups in total. The monoisotopic (exact) mass is 370 g/mol. The molecule has 0 saturated heterocycles. The highest BCUT2D eigenvalue weighted by atomic mass is 32.1. The van der Waals surface area contributed by atoms with Crippen molar-refractivity contribution in [3.05, 3.63) is 50.8 Å². The molecule has 0 bridgehead atoms. The number of fused-ring (bicyclic) bond motifs is 1. The van der Waals surface area contributed by atoms with Crippen LogP contribution in [0.4, 0.5) is 5.13 Å². The van der Waals surface area contributed by atoms with Gasteiger partial charge in [0.2, 0.25) is 0 Å². The van der Waals surface area contributed by atoms with Crippen LogP contribution in [0, 0.1) is 0 Å². The van der Waals surface area contributed by atoms with Gasteiger partial charge in [-0.1, -0.05) is 12.1 Å². The molecule has 25 heavy (non-hydrogen) atoms. The number of anilines is 1. The average molecular weight is 371 g/mol. The van der Waals surface area contributed by atoms with Crippen LogP contribution in [0.25, 0.3) is 11.3 Å². The molecule has 0 unspecified atom stereocenters. The van der Waals surface area contributed by atoms with E-state index in [4.69, 9.17) is 5.73 Å². The molecule has 5 nitrogen and oxygen atoms in total. The Kier molecular flexibility index (Phi) is 4.61. The normalized spacial score (nSPS) is 13.5. The lowest BCUT2D eigenvalue weighted by atomic mass is 9.90. The van der Waals surface area contributed by atoms with Gasteiger partial charge in [0.25, 0.3) is 5.91 Å². The molecule has 2 aromatic heterocycles. The summed E-state index contributed by atoms with van der Waals surface area (Å²) in [6.07, 6.45) is 4.85. The number of nitrogens with two attached hydrogens (primary N) is 1. The minimum atomic E-state index is -0.248. The van der Waals surface area contributed by atoms with E-state index in [1.54, 1.807) is 5.38 Å². The van der Waals surface area contributed by atoms with Crippen LogP contribution in [0.15, 0.2) is 29.0 Å². The van der Waals surface area contributed by atoms with Gasteiger partial charge in [-0.05, 0) is 42.9 Å².